The highest BCUT2D eigenvalue weighted by molar-refractivity contribution is 7.13. The monoisotopic (exact) mass is 413 g/mol. The molecule has 6 aromatic rings. The van der Waals surface area contributed by atoms with E-state index in [-0.39, 0.29) is 5.13 Å². The molecule has 0 aliphatic heterocycles. The van der Waals surface area contributed by atoms with Gasteiger partial charge in [-0.2, -0.15) is 9.49 Å². The van der Waals surface area contributed by atoms with Crippen LogP contribution in [-0.4, -0.2) is 35.1 Å². The van der Waals surface area contributed by atoms with Crippen LogP contribution in [-0.2, 0) is 0 Å². The summed E-state index contributed by atoms with van der Waals surface area (Å²) in [5.74, 6) is 0. The van der Waals surface area contributed by atoms with E-state index in [0.29, 0.717) is 11.4 Å². The van der Waals surface area contributed by atoms with Crippen molar-refractivity contribution >= 4 is 33.1 Å². The van der Waals surface area contributed by atoms with Crippen LogP contribution in [0.15, 0.2) is 61.3 Å². The summed E-state index contributed by atoms with van der Waals surface area (Å²) in [4.78, 5) is 21.6. The van der Waals surface area contributed by atoms with Crippen molar-refractivity contribution in [3.8, 4) is 33.3 Å². The van der Waals surface area contributed by atoms with E-state index >= 15 is 0 Å². The third-order valence-corrected chi connectivity index (χ3v) is 5.76. The van der Waals surface area contributed by atoms with Crippen molar-refractivity contribution in [3.63, 3.8) is 0 Å². The molecule has 0 fully saturated rings. The van der Waals surface area contributed by atoms with Crippen molar-refractivity contribution in [2.75, 3.05) is 0 Å². The molecule has 0 aliphatic carbocycles. The SMILES string of the molecule is Fc1ccc(-c2nccc3[nH]c(-c4n[nH]c5cnc(-c6cnccn6)cc45)cc23)s1. The molecule has 0 aliphatic rings. The van der Waals surface area contributed by atoms with E-state index in [1.165, 1.54) is 6.07 Å². The second-order valence-corrected chi connectivity index (χ2v) is 7.72. The first-order chi connectivity index (χ1) is 14.8. The first-order valence-corrected chi connectivity index (χ1v) is 9.92. The lowest BCUT2D eigenvalue weighted by Crippen LogP contribution is -1.88. The van der Waals surface area contributed by atoms with Crippen molar-refractivity contribution in [1.29, 1.82) is 0 Å². The number of rotatable bonds is 3. The molecular weight excluding hydrogens is 401 g/mol. The van der Waals surface area contributed by atoms with E-state index in [9.17, 15) is 4.39 Å². The zero-order valence-electron chi connectivity index (χ0n) is 15.3. The summed E-state index contributed by atoms with van der Waals surface area (Å²) in [5, 5.41) is 9.11. The van der Waals surface area contributed by atoms with Gasteiger partial charge in [-0.15, -0.1) is 11.3 Å². The second-order valence-electron chi connectivity index (χ2n) is 6.69. The van der Waals surface area contributed by atoms with Gasteiger partial charge in [-0.05, 0) is 30.3 Å². The quantitative estimate of drug-likeness (QED) is 0.433. The van der Waals surface area contributed by atoms with Crippen LogP contribution in [0.1, 0.15) is 0 Å². The molecule has 0 unspecified atom stereocenters. The highest BCUT2D eigenvalue weighted by Crippen LogP contribution is 2.35. The van der Waals surface area contributed by atoms with E-state index in [4.69, 9.17) is 0 Å². The van der Waals surface area contributed by atoms with Gasteiger partial charge < -0.3 is 4.98 Å². The number of fused-ring (bicyclic) bond motifs is 2. The Balaban J connectivity index is 1.52. The minimum absolute atomic E-state index is 0.234. The predicted molar refractivity (Wildman–Crippen MR) is 113 cm³/mol. The molecule has 144 valence electrons. The number of aromatic amines is 2. The first kappa shape index (κ1) is 16.9. The van der Waals surface area contributed by atoms with Gasteiger partial charge in [0, 0.05) is 34.9 Å². The van der Waals surface area contributed by atoms with Crippen LogP contribution in [0.4, 0.5) is 4.39 Å². The predicted octanol–water partition coefficient (Wildman–Crippen LogP) is 4.83. The Morgan fingerprint density at radius 3 is 2.57 bits per heavy atom. The Morgan fingerprint density at radius 1 is 0.800 bits per heavy atom. The molecule has 0 radical (unpaired) electrons. The number of thiophene rings is 1. The lowest BCUT2D eigenvalue weighted by atomic mass is 10.1. The number of hydrogen-bond donors (Lipinski definition) is 2. The average Bonchev–Trinajstić information content (AvgIpc) is 3.51. The fraction of sp³-hybridized carbons (Fsp3) is 0. The van der Waals surface area contributed by atoms with Gasteiger partial charge in [0.2, 0.25) is 0 Å². The van der Waals surface area contributed by atoms with Gasteiger partial charge in [0.1, 0.15) is 11.4 Å². The number of aromatic nitrogens is 7. The minimum Gasteiger partial charge on any atom is -0.353 e. The number of pyridine rings is 2. The van der Waals surface area contributed by atoms with Gasteiger partial charge in [0.05, 0.1) is 39.9 Å². The lowest BCUT2D eigenvalue weighted by Gasteiger charge is -1.99. The molecule has 0 aromatic carbocycles. The zero-order chi connectivity index (χ0) is 20.1. The zero-order valence-corrected chi connectivity index (χ0v) is 16.1. The molecule has 9 heteroatoms. The molecular formula is C21H12FN7S. The Labute approximate surface area is 172 Å². The first-order valence-electron chi connectivity index (χ1n) is 9.10. The fourth-order valence-corrected chi connectivity index (χ4v) is 4.25. The van der Waals surface area contributed by atoms with Gasteiger partial charge in [0.25, 0.3) is 0 Å². The molecule has 0 amide bonds. The van der Waals surface area contributed by atoms with Crippen molar-refractivity contribution in [3.05, 3.63) is 66.4 Å². The van der Waals surface area contributed by atoms with E-state index in [2.05, 4.69) is 35.1 Å². The molecule has 30 heavy (non-hydrogen) atoms. The molecule has 0 saturated carbocycles. The largest absolute Gasteiger partial charge is 0.353 e. The molecule has 0 saturated heterocycles. The summed E-state index contributed by atoms with van der Waals surface area (Å²) in [6.07, 6.45) is 8.39. The summed E-state index contributed by atoms with van der Waals surface area (Å²) >= 11 is 1.08. The minimum atomic E-state index is -0.234. The van der Waals surface area contributed by atoms with Crippen LogP contribution in [0.25, 0.3) is 55.2 Å². The Bertz CT molecular complexity index is 1520. The summed E-state index contributed by atoms with van der Waals surface area (Å²) in [5.41, 5.74) is 5.46. The molecule has 6 heterocycles. The molecule has 2 N–H and O–H groups in total. The fourth-order valence-electron chi connectivity index (χ4n) is 3.51. The summed E-state index contributed by atoms with van der Waals surface area (Å²) in [6, 6.07) is 9.03. The standard InChI is InChI=1S/C21H12FN7S/c22-19-2-1-18(30-19)21-11-8-15(27-13(11)3-4-25-21)20-12-7-14(17-9-23-5-6-24-17)26-10-16(12)28-29-20/h1-10,27H,(H,28,29). The number of halogens is 1. The normalized spacial score (nSPS) is 11.5. The maximum Gasteiger partial charge on any atom is 0.177 e. The van der Waals surface area contributed by atoms with Gasteiger partial charge in [-0.3, -0.25) is 25.0 Å². The Hall–Kier alpha value is -3.98. The van der Waals surface area contributed by atoms with Crippen LogP contribution in [0, 0.1) is 5.13 Å². The smallest absolute Gasteiger partial charge is 0.177 e. The van der Waals surface area contributed by atoms with Crippen LogP contribution >= 0.6 is 11.3 Å². The molecule has 0 atom stereocenters. The number of H-pyrrole nitrogens is 2. The summed E-state index contributed by atoms with van der Waals surface area (Å²) in [7, 11) is 0. The molecule has 0 bridgehead atoms. The molecule has 7 nitrogen and oxygen atoms in total. The third-order valence-electron chi connectivity index (χ3n) is 4.88. The lowest BCUT2D eigenvalue weighted by molar-refractivity contribution is 0.657. The highest BCUT2D eigenvalue weighted by Gasteiger charge is 2.16. The Kier molecular flexibility index (Phi) is 3.68. The number of hydrogen-bond acceptors (Lipinski definition) is 6. The van der Waals surface area contributed by atoms with Gasteiger partial charge in [0.15, 0.2) is 5.13 Å². The Morgan fingerprint density at radius 2 is 1.73 bits per heavy atom. The van der Waals surface area contributed by atoms with Crippen LogP contribution in [0.2, 0.25) is 0 Å². The topological polar surface area (TPSA) is 96.0 Å². The third kappa shape index (κ3) is 2.67. The van der Waals surface area contributed by atoms with Crippen molar-refractivity contribution in [2.45, 2.75) is 0 Å². The van der Waals surface area contributed by atoms with Gasteiger partial charge in [-0.1, -0.05) is 0 Å². The maximum absolute atomic E-state index is 13.5. The molecule has 6 aromatic heterocycles. The molecule has 0 spiro atoms. The van der Waals surface area contributed by atoms with Gasteiger partial charge in [-0.25, -0.2) is 0 Å². The molecule has 6 rings (SSSR count). The van der Waals surface area contributed by atoms with E-state index in [1.807, 2.05) is 18.2 Å². The van der Waals surface area contributed by atoms with Crippen LogP contribution < -0.4 is 0 Å². The highest BCUT2D eigenvalue weighted by atomic mass is 32.1. The summed E-state index contributed by atoms with van der Waals surface area (Å²) < 4.78 is 13.5. The number of nitrogens with one attached hydrogen (secondary N) is 2. The maximum atomic E-state index is 13.5. The van der Waals surface area contributed by atoms with E-state index in [0.717, 1.165) is 55.1 Å². The van der Waals surface area contributed by atoms with Crippen molar-refractivity contribution in [2.24, 2.45) is 0 Å². The average molecular weight is 413 g/mol. The second kappa shape index (κ2) is 6.53. The van der Waals surface area contributed by atoms with E-state index in [1.54, 1.807) is 37.1 Å². The van der Waals surface area contributed by atoms with Crippen LogP contribution in [0.5, 0.6) is 0 Å². The number of nitrogens with zero attached hydrogens (tertiary/aromatic N) is 5. The van der Waals surface area contributed by atoms with Gasteiger partial charge >= 0.3 is 0 Å². The van der Waals surface area contributed by atoms with Crippen molar-refractivity contribution in [1.82, 2.24) is 35.1 Å². The summed E-state index contributed by atoms with van der Waals surface area (Å²) in [6.45, 7) is 0. The van der Waals surface area contributed by atoms with Crippen molar-refractivity contribution < 1.29 is 4.39 Å². The van der Waals surface area contributed by atoms with E-state index < -0.39 is 0 Å². The van der Waals surface area contributed by atoms with Crippen LogP contribution in [0.3, 0.4) is 0 Å².